The Labute approximate surface area is 96.2 Å². The van der Waals surface area contributed by atoms with Crippen molar-refractivity contribution in [1.29, 1.82) is 0 Å². The maximum absolute atomic E-state index is 6.19. The first-order valence-electron chi connectivity index (χ1n) is 5.39. The SMILES string of the molecule is CNCCC1Cc2c(Cl)cccc2N1C. The van der Waals surface area contributed by atoms with Crippen molar-refractivity contribution in [2.75, 3.05) is 25.5 Å². The average molecular weight is 225 g/mol. The number of benzene rings is 1. The molecule has 0 radical (unpaired) electrons. The fraction of sp³-hybridized carbons (Fsp3) is 0.500. The van der Waals surface area contributed by atoms with Crippen molar-refractivity contribution in [2.45, 2.75) is 18.9 Å². The normalized spacial score (nSPS) is 19.4. The number of hydrogen-bond donors (Lipinski definition) is 1. The molecule has 2 nitrogen and oxygen atoms in total. The molecule has 15 heavy (non-hydrogen) atoms. The van der Waals surface area contributed by atoms with Crippen molar-refractivity contribution in [1.82, 2.24) is 5.32 Å². The van der Waals surface area contributed by atoms with Crippen LogP contribution >= 0.6 is 11.6 Å². The summed E-state index contributed by atoms with van der Waals surface area (Å²) in [5, 5.41) is 4.11. The lowest BCUT2D eigenvalue weighted by atomic mass is 10.1. The second-order valence-electron chi connectivity index (χ2n) is 4.10. The summed E-state index contributed by atoms with van der Waals surface area (Å²) in [6.07, 6.45) is 2.24. The molecule has 1 aromatic rings. The average Bonchev–Trinajstić information content (AvgIpc) is 2.55. The molecule has 1 unspecified atom stereocenters. The van der Waals surface area contributed by atoms with Crippen LogP contribution in [0.25, 0.3) is 0 Å². The van der Waals surface area contributed by atoms with Gasteiger partial charge in [0.15, 0.2) is 0 Å². The number of anilines is 1. The molecule has 3 heteroatoms. The van der Waals surface area contributed by atoms with E-state index in [0.29, 0.717) is 6.04 Å². The molecule has 0 aliphatic carbocycles. The van der Waals surface area contributed by atoms with Crippen LogP contribution in [0.4, 0.5) is 5.69 Å². The molecule has 1 heterocycles. The zero-order valence-electron chi connectivity index (χ0n) is 9.26. The molecule has 2 rings (SSSR count). The Morgan fingerprint density at radius 3 is 3.00 bits per heavy atom. The van der Waals surface area contributed by atoms with Crippen LogP contribution in [0, 0.1) is 0 Å². The molecule has 0 fully saturated rings. The van der Waals surface area contributed by atoms with Gasteiger partial charge in [0.1, 0.15) is 0 Å². The van der Waals surface area contributed by atoms with Crippen LogP contribution in [-0.4, -0.2) is 26.7 Å². The summed E-state index contributed by atoms with van der Waals surface area (Å²) in [6.45, 7) is 1.06. The van der Waals surface area contributed by atoms with Gasteiger partial charge in [-0.3, -0.25) is 0 Å². The monoisotopic (exact) mass is 224 g/mol. The van der Waals surface area contributed by atoms with Crippen molar-refractivity contribution >= 4 is 17.3 Å². The van der Waals surface area contributed by atoms with Gasteiger partial charge >= 0.3 is 0 Å². The summed E-state index contributed by atoms with van der Waals surface area (Å²) in [7, 11) is 4.15. The first-order chi connectivity index (χ1) is 7.24. The van der Waals surface area contributed by atoms with Gasteiger partial charge in [0.2, 0.25) is 0 Å². The highest BCUT2D eigenvalue weighted by Crippen LogP contribution is 2.36. The van der Waals surface area contributed by atoms with E-state index < -0.39 is 0 Å². The van der Waals surface area contributed by atoms with Crippen LogP contribution in [0.2, 0.25) is 5.02 Å². The number of likely N-dealkylation sites (N-methyl/N-ethyl adjacent to an activating group) is 1. The van der Waals surface area contributed by atoms with Gasteiger partial charge in [-0.2, -0.15) is 0 Å². The van der Waals surface area contributed by atoms with Gasteiger partial charge in [-0.15, -0.1) is 0 Å². The molecule has 0 spiro atoms. The minimum atomic E-state index is 0.590. The molecular formula is C12H17ClN2. The van der Waals surface area contributed by atoms with Crippen LogP contribution < -0.4 is 10.2 Å². The molecule has 82 valence electrons. The third-order valence-corrected chi connectivity index (χ3v) is 3.54. The highest BCUT2D eigenvalue weighted by Gasteiger charge is 2.27. The smallest absolute Gasteiger partial charge is 0.0459 e. The zero-order chi connectivity index (χ0) is 10.8. The van der Waals surface area contributed by atoms with Gasteiger partial charge < -0.3 is 10.2 Å². The summed E-state index contributed by atoms with van der Waals surface area (Å²) < 4.78 is 0. The Bertz CT molecular complexity index is 351. The molecule has 1 N–H and O–H groups in total. The predicted molar refractivity (Wildman–Crippen MR) is 65.9 cm³/mol. The van der Waals surface area contributed by atoms with Gasteiger partial charge in [-0.1, -0.05) is 17.7 Å². The van der Waals surface area contributed by atoms with Crippen molar-refractivity contribution in [3.05, 3.63) is 28.8 Å². The lowest BCUT2D eigenvalue weighted by Gasteiger charge is -2.22. The van der Waals surface area contributed by atoms with E-state index in [9.17, 15) is 0 Å². The van der Waals surface area contributed by atoms with Gasteiger partial charge in [-0.25, -0.2) is 0 Å². The highest BCUT2D eigenvalue weighted by atomic mass is 35.5. The van der Waals surface area contributed by atoms with E-state index in [-0.39, 0.29) is 0 Å². The molecular weight excluding hydrogens is 208 g/mol. The highest BCUT2D eigenvalue weighted by molar-refractivity contribution is 6.31. The Kier molecular flexibility index (Phi) is 3.17. The largest absolute Gasteiger partial charge is 0.371 e. The van der Waals surface area contributed by atoms with Crippen LogP contribution in [0.5, 0.6) is 0 Å². The molecule has 0 amide bonds. The Balaban J connectivity index is 2.18. The number of halogens is 1. The molecule has 1 atom stereocenters. The van der Waals surface area contributed by atoms with Crippen LogP contribution in [0.3, 0.4) is 0 Å². The van der Waals surface area contributed by atoms with E-state index >= 15 is 0 Å². The molecule has 1 aliphatic rings. The van der Waals surface area contributed by atoms with E-state index in [1.165, 1.54) is 11.3 Å². The van der Waals surface area contributed by atoms with E-state index in [4.69, 9.17) is 11.6 Å². The summed E-state index contributed by atoms with van der Waals surface area (Å²) >= 11 is 6.19. The number of hydrogen-bond acceptors (Lipinski definition) is 2. The van der Waals surface area contributed by atoms with Gasteiger partial charge in [0.25, 0.3) is 0 Å². The Morgan fingerprint density at radius 1 is 1.53 bits per heavy atom. The quantitative estimate of drug-likeness (QED) is 0.848. The van der Waals surface area contributed by atoms with Crippen LogP contribution in [0.1, 0.15) is 12.0 Å². The molecule has 1 aliphatic heterocycles. The van der Waals surface area contributed by atoms with E-state index in [1.807, 2.05) is 19.2 Å². The summed E-state index contributed by atoms with van der Waals surface area (Å²) in [4.78, 5) is 2.35. The standard InChI is InChI=1S/C12H17ClN2/c1-14-7-6-9-8-10-11(13)4-3-5-12(10)15(9)2/h3-5,9,14H,6-8H2,1-2H3. The minimum Gasteiger partial charge on any atom is -0.371 e. The number of rotatable bonds is 3. The topological polar surface area (TPSA) is 15.3 Å². The van der Waals surface area contributed by atoms with E-state index in [0.717, 1.165) is 24.4 Å². The fourth-order valence-electron chi connectivity index (χ4n) is 2.26. The molecule has 0 saturated heterocycles. The predicted octanol–water partition coefficient (Wildman–Crippen LogP) is 2.31. The van der Waals surface area contributed by atoms with Crippen LogP contribution in [-0.2, 0) is 6.42 Å². The molecule has 0 aromatic heterocycles. The third kappa shape index (κ3) is 1.97. The van der Waals surface area contributed by atoms with Crippen molar-refractivity contribution in [3.8, 4) is 0 Å². The molecule has 0 bridgehead atoms. The second-order valence-corrected chi connectivity index (χ2v) is 4.51. The van der Waals surface area contributed by atoms with Crippen molar-refractivity contribution in [2.24, 2.45) is 0 Å². The zero-order valence-corrected chi connectivity index (χ0v) is 10.0. The number of fused-ring (bicyclic) bond motifs is 1. The molecule has 0 saturated carbocycles. The Morgan fingerprint density at radius 2 is 2.33 bits per heavy atom. The lowest BCUT2D eigenvalue weighted by Crippen LogP contribution is -2.30. The van der Waals surface area contributed by atoms with E-state index in [1.54, 1.807) is 0 Å². The minimum absolute atomic E-state index is 0.590. The summed E-state index contributed by atoms with van der Waals surface area (Å²) in [5.41, 5.74) is 2.60. The molecule has 1 aromatic carbocycles. The summed E-state index contributed by atoms with van der Waals surface area (Å²) in [5.74, 6) is 0. The fourth-order valence-corrected chi connectivity index (χ4v) is 2.50. The summed E-state index contributed by atoms with van der Waals surface area (Å²) in [6, 6.07) is 6.75. The first-order valence-corrected chi connectivity index (χ1v) is 5.76. The first kappa shape index (κ1) is 10.8. The second kappa shape index (κ2) is 4.42. The number of nitrogens with zero attached hydrogens (tertiary/aromatic N) is 1. The van der Waals surface area contributed by atoms with Crippen LogP contribution in [0.15, 0.2) is 18.2 Å². The van der Waals surface area contributed by atoms with Gasteiger partial charge in [0, 0.05) is 23.8 Å². The number of nitrogens with one attached hydrogen (secondary N) is 1. The maximum Gasteiger partial charge on any atom is 0.0459 e. The maximum atomic E-state index is 6.19. The van der Waals surface area contributed by atoms with Gasteiger partial charge in [-0.05, 0) is 44.1 Å². The Hall–Kier alpha value is -0.730. The van der Waals surface area contributed by atoms with Gasteiger partial charge in [0.05, 0.1) is 0 Å². The van der Waals surface area contributed by atoms with Crippen molar-refractivity contribution < 1.29 is 0 Å². The third-order valence-electron chi connectivity index (χ3n) is 3.19. The van der Waals surface area contributed by atoms with Crippen molar-refractivity contribution in [3.63, 3.8) is 0 Å². The van der Waals surface area contributed by atoms with E-state index in [2.05, 4.69) is 23.3 Å². The lowest BCUT2D eigenvalue weighted by molar-refractivity contribution is 0.584.